The summed E-state index contributed by atoms with van der Waals surface area (Å²) in [5, 5.41) is 0. The molecular formula is C12H16O4. The summed E-state index contributed by atoms with van der Waals surface area (Å²) in [6.07, 6.45) is 4.11. The standard InChI is InChI=1S/C12H16O4/c1-7(13)16-12-4-8-2-9(5-12)11(14)15-10(3-8)6-12/h8-10H,2-6H2,1H3. The first kappa shape index (κ1) is 10.1. The fourth-order valence-corrected chi connectivity index (χ4v) is 3.80. The van der Waals surface area contributed by atoms with Crippen LogP contribution in [0.15, 0.2) is 0 Å². The molecule has 4 fully saturated rings. The van der Waals surface area contributed by atoms with Gasteiger partial charge >= 0.3 is 11.9 Å². The van der Waals surface area contributed by atoms with Crippen molar-refractivity contribution in [2.75, 3.05) is 0 Å². The van der Waals surface area contributed by atoms with Gasteiger partial charge in [0.25, 0.3) is 0 Å². The Bertz CT molecular complexity index is 351. The van der Waals surface area contributed by atoms with Gasteiger partial charge in [0.2, 0.25) is 0 Å². The highest BCUT2D eigenvalue weighted by Crippen LogP contribution is 2.51. The van der Waals surface area contributed by atoms with Crippen LogP contribution in [-0.4, -0.2) is 23.6 Å². The maximum absolute atomic E-state index is 11.7. The zero-order valence-corrected chi connectivity index (χ0v) is 9.40. The van der Waals surface area contributed by atoms with Gasteiger partial charge in [0.05, 0.1) is 5.92 Å². The molecule has 0 aromatic rings. The molecule has 0 amide bonds. The van der Waals surface area contributed by atoms with Gasteiger partial charge in [-0.25, -0.2) is 0 Å². The molecule has 2 heterocycles. The van der Waals surface area contributed by atoms with Crippen LogP contribution in [0.4, 0.5) is 0 Å². The molecule has 88 valence electrons. The number of carbonyl (C=O) groups excluding carboxylic acids is 2. The summed E-state index contributed by atoms with van der Waals surface area (Å²) in [6.45, 7) is 1.44. The van der Waals surface area contributed by atoms with E-state index in [1.165, 1.54) is 6.92 Å². The lowest BCUT2D eigenvalue weighted by Crippen LogP contribution is -2.47. The molecule has 2 saturated carbocycles. The van der Waals surface area contributed by atoms with Crippen LogP contribution in [0.1, 0.15) is 39.0 Å². The predicted octanol–water partition coefficient (Wildman–Crippen LogP) is 1.42. The van der Waals surface area contributed by atoms with Gasteiger partial charge in [-0.3, -0.25) is 9.59 Å². The Morgan fingerprint density at radius 3 is 2.94 bits per heavy atom. The van der Waals surface area contributed by atoms with Crippen molar-refractivity contribution in [1.29, 1.82) is 0 Å². The van der Waals surface area contributed by atoms with E-state index in [1.807, 2.05) is 0 Å². The number of rotatable bonds is 1. The average molecular weight is 224 g/mol. The zero-order valence-electron chi connectivity index (χ0n) is 9.40. The summed E-state index contributed by atoms with van der Waals surface area (Å²) in [5.41, 5.74) is -0.408. The molecule has 0 aromatic carbocycles. The lowest BCUT2D eigenvalue weighted by molar-refractivity contribution is -0.171. The smallest absolute Gasteiger partial charge is 0.309 e. The van der Waals surface area contributed by atoms with Crippen molar-refractivity contribution in [2.45, 2.75) is 50.7 Å². The SMILES string of the molecule is CC(=O)OC12CC3CC(C1)OC(=O)C(C3)C2. The lowest BCUT2D eigenvalue weighted by Gasteiger charge is -2.45. The van der Waals surface area contributed by atoms with E-state index < -0.39 is 5.60 Å². The van der Waals surface area contributed by atoms with E-state index in [0.717, 1.165) is 19.3 Å². The second-order valence-electron chi connectivity index (χ2n) is 5.48. The largest absolute Gasteiger partial charge is 0.462 e. The van der Waals surface area contributed by atoms with Gasteiger partial charge in [-0.05, 0) is 25.2 Å². The number of esters is 2. The molecule has 4 bridgehead atoms. The Morgan fingerprint density at radius 2 is 2.19 bits per heavy atom. The van der Waals surface area contributed by atoms with Gasteiger partial charge in [0, 0.05) is 19.8 Å². The van der Waals surface area contributed by atoms with E-state index in [2.05, 4.69) is 0 Å². The Kier molecular flexibility index (Phi) is 2.03. The maximum Gasteiger partial charge on any atom is 0.309 e. The second kappa shape index (κ2) is 3.22. The van der Waals surface area contributed by atoms with Crippen LogP contribution in [0.25, 0.3) is 0 Å². The molecule has 4 atom stereocenters. The summed E-state index contributed by atoms with van der Waals surface area (Å²) in [7, 11) is 0. The minimum Gasteiger partial charge on any atom is -0.462 e. The second-order valence-corrected chi connectivity index (χ2v) is 5.48. The fraction of sp³-hybridized carbons (Fsp3) is 0.833. The van der Waals surface area contributed by atoms with Gasteiger partial charge < -0.3 is 9.47 Å². The van der Waals surface area contributed by atoms with Crippen LogP contribution >= 0.6 is 0 Å². The van der Waals surface area contributed by atoms with E-state index >= 15 is 0 Å². The Hall–Kier alpha value is -1.06. The molecule has 0 N–H and O–H groups in total. The highest BCUT2D eigenvalue weighted by atomic mass is 16.6. The van der Waals surface area contributed by atoms with Gasteiger partial charge in [-0.15, -0.1) is 0 Å². The van der Waals surface area contributed by atoms with Crippen LogP contribution in [0, 0.1) is 11.8 Å². The number of fused-ring (bicyclic) bond motifs is 1. The van der Waals surface area contributed by atoms with Crippen molar-refractivity contribution in [3.8, 4) is 0 Å². The number of ether oxygens (including phenoxy) is 2. The number of carbonyl (C=O) groups is 2. The number of hydrogen-bond donors (Lipinski definition) is 0. The quantitative estimate of drug-likeness (QED) is 0.632. The molecule has 0 spiro atoms. The van der Waals surface area contributed by atoms with Crippen LogP contribution < -0.4 is 0 Å². The third-order valence-corrected chi connectivity index (χ3v) is 4.07. The van der Waals surface area contributed by atoms with Crippen LogP contribution in [0.3, 0.4) is 0 Å². The van der Waals surface area contributed by atoms with Crippen molar-refractivity contribution in [3.05, 3.63) is 0 Å². The van der Waals surface area contributed by atoms with Crippen molar-refractivity contribution < 1.29 is 19.1 Å². The molecule has 4 rings (SSSR count). The van der Waals surface area contributed by atoms with Gasteiger partial charge in [-0.2, -0.15) is 0 Å². The minimum atomic E-state index is -0.408. The average Bonchev–Trinajstić information content (AvgIpc) is 2.27. The van der Waals surface area contributed by atoms with Crippen molar-refractivity contribution in [1.82, 2.24) is 0 Å². The molecule has 4 aliphatic rings. The van der Waals surface area contributed by atoms with Crippen molar-refractivity contribution >= 4 is 11.9 Å². The highest BCUT2D eigenvalue weighted by Gasteiger charge is 2.54. The molecule has 2 aliphatic carbocycles. The van der Waals surface area contributed by atoms with Gasteiger partial charge in [-0.1, -0.05) is 0 Å². The first-order chi connectivity index (χ1) is 7.56. The summed E-state index contributed by atoms with van der Waals surface area (Å²) in [5.74, 6) is 0.115. The van der Waals surface area contributed by atoms with E-state index in [0.29, 0.717) is 18.8 Å². The third kappa shape index (κ3) is 1.51. The van der Waals surface area contributed by atoms with E-state index in [1.54, 1.807) is 0 Å². The van der Waals surface area contributed by atoms with Crippen LogP contribution in [-0.2, 0) is 19.1 Å². The lowest BCUT2D eigenvalue weighted by atomic mass is 9.65. The summed E-state index contributed by atoms with van der Waals surface area (Å²) in [6, 6.07) is 0. The molecule has 4 unspecified atom stereocenters. The first-order valence-corrected chi connectivity index (χ1v) is 5.96. The molecule has 4 nitrogen and oxygen atoms in total. The maximum atomic E-state index is 11.7. The van der Waals surface area contributed by atoms with Crippen LogP contribution in [0.5, 0.6) is 0 Å². The normalized spacial score (nSPS) is 45.1. The molecular weight excluding hydrogens is 208 g/mol. The zero-order chi connectivity index (χ0) is 11.3. The van der Waals surface area contributed by atoms with Crippen molar-refractivity contribution in [2.24, 2.45) is 11.8 Å². The molecule has 2 saturated heterocycles. The van der Waals surface area contributed by atoms with E-state index in [-0.39, 0.29) is 24.0 Å². The monoisotopic (exact) mass is 224 g/mol. The summed E-state index contributed by atoms with van der Waals surface area (Å²) >= 11 is 0. The van der Waals surface area contributed by atoms with Crippen LogP contribution in [0.2, 0.25) is 0 Å². The predicted molar refractivity (Wildman–Crippen MR) is 54.4 cm³/mol. The first-order valence-electron chi connectivity index (χ1n) is 5.96. The van der Waals surface area contributed by atoms with Crippen molar-refractivity contribution in [3.63, 3.8) is 0 Å². The van der Waals surface area contributed by atoms with E-state index in [9.17, 15) is 9.59 Å². The summed E-state index contributed by atoms with van der Waals surface area (Å²) in [4.78, 5) is 22.9. The molecule has 0 aromatic heterocycles. The minimum absolute atomic E-state index is 0.0295. The Balaban J connectivity index is 1.92. The summed E-state index contributed by atoms with van der Waals surface area (Å²) < 4.78 is 10.9. The third-order valence-electron chi connectivity index (χ3n) is 4.07. The topological polar surface area (TPSA) is 52.6 Å². The molecule has 2 aliphatic heterocycles. The fourth-order valence-electron chi connectivity index (χ4n) is 3.80. The number of hydrogen-bond acceptors (Lipinski definition) is 4. The van der Waals surface area contributed by atoms with Gasteiger partial charge in [0.1, 0.15) is 11.7 Å². The Morgan fingerprint density at radius 1 is 1.38 bits per heavy atom. The molecule has 4 heteroatoms. The van der Waals surface area contributed by atoms with E-state index in [4.69, 9.17) is 9.47 Å². The molecule has 0 radical (unpaired) electrons. The molecule has 16 heavy (non-hydrogen) atoms. The Labute approximate surface area is 94.3 Å². The van der Waals surface area contributed by atoms with Gasteiger partial charge in [0.15, 0.2) is 0 Å². The highest BCUT2D eigenvalue weighted by molar-refractivity contribution is 5.74.